The molecule has 0 fully saturated rings. The van der Waals surface area contributed by atoms with Gasteiger partial charge in [0.15, 0.2) is 0 Å². The van der Waals surface area contributed by atoms with Crippen LogP contribution in [0.1, 0.15) is 42.1 Å². The first-order chi connectivity index (χ1) is 11.7. The van der Waals surface area contributed by atoms with Crippen LogP contribution in [0.5, 0.6) is 0 Å². The Balaban J connectivity index is 1.88. The molecule has 5 nitrogen and oxygen atoms in total. The molecule has 5 heteroatoms. The van der Waals surface area contributed by atoms with Crippen LogP contribution in [0.4, 0.5) is 5.82 Å². The van der Waals surface area contributed by atoms with E-state index in [1.807, 2.05) is 10.5 Å². The number of benzene rings is 1. The summed E-state index contributed by atoms with van der Waals surface area (Å²) in [6.45, 7) is 2.14. The molecule has 0 saturated carbocycles. The number of hydrogen-bond acceptors (Lipinski definition) is 4. The molecule has 1 aliphatic rings. The molecule has 4 rings (SSSR count). The third-order valence-electron chi connectivity index (χ3n) is 4.48. The van der Waals surface area contributed by atoms with E-state index in [-0.39, 0.29) is 5.97 Å². The van der Waals surface area contributed by atoms with Gasteiger partial charge >= 0.3 is 5.97 Å². The van der Waals surface area contributed by atoms with Gasteiger partial charge in [0.2, 0.25) is 0 Å². The molecule has 1 aliphatic carbocycles. The molecule has 0 radical (unpaired) electrons. The zero-order valence-corrected chi connectivity index (χ0v) is 13.6. The number of allylic oxidation sites excluding steroid dienone is 2. The first kappa shape index (κ1) is 14.8. The van der Waals surface area contributed by atoms with E-state index in [1.54, 1.807) is 19.2 Å². The number of fused-ring (bicyclic) bond motifs is 3. The van der Waals surface area contributed by atoms with Crippen LogP contribution in [0.3, 0.4) is 0 Å². The van der Waals surface area contributed by atoms with Crippen molar-refractivity contribution in [2.75, 3.05) is 12.3 Å². The fraction of sp³-hybridized carbons (Fsp3) is 0.263. The standard InChI is InChI=1S/C19H19N3O2/c1-2-24-19(23)14-10-17-18(20)21-15-9-13(12-5-3-4-6-12)7-8-16(15)22(17)11-14/h5,7-11H,2-4,6H2,1H3,(H2,20,21). The van der Waals surface area contributed by atoms with Gasteiger partial charge < -0.3 is 14.9 Å². The third kappa shape index (κ3) is 2.33. The van der Waals surface area contributed by atoms with Gasteiger partial charge in [0.05, 0.1) is 28.7 Å². The lowest BCUT2D eigenvalue weighted by Crippen LogP contribution is -2.02. The van der Waals surface area contributed by atoms with Gasteiger partial charge in [-0.05, 0) is 55.5 Å². The number of aromatic nitrogens is 2. The predicted octanol–water partition coefficient (Wildman–Crippen LogP) is 3.81. The number of nitrogens with two attached hydrogens (primary N) is 1. The highest BCUT2D eigenvalue weighted by molar-refractivity contribution is 5.95. The van der Waals surface area contributed by atoms with Crippen molar-refractivity contribution in [3.05, 3.63) is 47.7 Å². The van der Waals surface area contributed by atoms with Gasteiger partial charge in [-0.2, -0.15) is 0 Å². The summed E-state index contributed by atoms with van der Waals surface area (Å²) in [5, 5.41) is 0. The van der Waals surface area contributed by atoms with Crippen molar-refractivity contribution in [2.24, 2.45) is 0 Å². The lowest BCUT2D eigenvalue weighted by Gasteiger charge is -2.08. The van der Waals surface area contributed by atoms with Gasteiger partial charge in [0, 0.05) is 6.20 Å². The van der Waals surface area contributed by atoms with Gasteiger partial charge in [0.1, 0.15) is 5.82 Å². The SMILES string of the molecule is CCOC(=O)c1cc2c(N)nc3cc(C4=CCCC4)ccc3n2c1. The Morgan fingerprint density at radius 2 is 2.21 bits per heavy atom. The summed E-state index contributed by atoms with van der Waals surface area (Å²) in [6.07, 6.45) is 7.52. The van der Waals surface area contributed by atoms with Crippen LogP contribution >= 0.6 is 0 Å². The Kier molecular flexibility index (Phi) is 3.49. The van der Waals surface area contributed by atoms with Crippen molar-refractivity contribution in [3.63, 3.8) is 0 Å². The van der Waals surface area contributed by atoms with Crippen LogP contribution in [-0.4, -0.2) is 22.0 Å². The normalized spacial score (nSPS) is 14.3. The van der Waals surface area contributed by atoms with E-state index in [0.717, 1.165) is 29.4 Å². The van der Waals surface area contributed by atoms with Crippen LogP contribution < -0.4 is 5.73 Å². The lowest BCUT2D eigenvalue weighted by atomic mass is 10.0. The average molecular weight is 321 g/mol. The summed E-state index contributed by atoms with van der Waals surface area (Å²) in [6, 6.07) is 7.96. The van der Waals surface area contributed by atoms with E-state index in [9.17, 15) is 4.79 Å². The smallest absolute Gasteiger partial charge is 0.339 e. The second-order valence-electron chi connectivity index (χ2n) is 6.03. The molecule has 0 atom stereocenters. The first-order valence-corrected chi connectivity index (χ1v) is 8.25. The molecular weight excluding hydrogens is 302 g/mol. The summed E-state index contributed by atoms with van der Waals surface area (Å²) in [5.41, 5.74) is 11.7. The van der Waals surface area contributed by atoms with Crippen LogP contribution in [0.25, 0.3) is 22.1 Å². The van der Waals surface area contributed by atoms with E-state index < -0.39 is 0 Å². The van der Waals surface area contributed by atoms with Crippen molar-refractivity contribution in [3.8, 4) is 0 Å². The van der Waals surface area contributed by atoms with Crippen LogP contribution in [0.2, 0.25) is 0 Å². The molecule has 2 aromatic heterocycles. The molecule has 3 aromatic rings. The van der Waals surface area contributed by atoms with E-state index in [4.69, 9.17) is 10.5 Å². The van der Waals surface area contributed by atoms with Gasteiger partial charge in [-0.15, -0.1) is 0 Å². The molecule has 0 unspecified atom stereocenters. The topological polar surface area (TPSA) is 69.6 Å². The number of nitrogen functional groups attached to an aromatic ring is 1. The number of carbonyl (C=O) groups excluding carboxylic acids is 1. The predicted molar refractivity (Wildman–Crippen MR) is 94.9 cm³/mol. The molecule has 0 aliphatic heterocycles. The summed E-state index contributed by atoms with van der Waals surface area (Å²) < 4.78 is 6.99. The fourth-order valence-corrected chi connectivity index (χ4v) is 3.32. The number of anilines is 1. The Hall–Kier alpha value is -2.82. The molecule has 2 heterocycles. The quantitative estimate of drug-likeness (QED) is 0.745. The van der Waals surface area contributed by atoms with Crippen LogP contribution in [0, 0.1) is 0 Å². The Morgan fingerprint density at radius 3 is 2.96 bits per heavy atom. The highest BCUT2D eigenvalue weighted by Gasteiger charge is 2.15. The maximum absolute atomic E-state index is 12.0. The van der Waals surface area contributed by atoms with Crippen LogP contribution in [-0.2, 0) is 4.74 Å². The number of nitrogens with zero attached hydrogens (tertiary/aromatic N) is 2. The third-order valence-corrected chi connectivity index (χ3v) is 4.48. The number of carbonyl (C=O) groups is 1. The number of rotatable bonds is 3. The summed E-state index contributed by atoms with van der Waals surface area (Å²) >= 11 is 0. The molecule has 2 N–H and O–H groups in total. The first-order valence-electron chi connectivity index (χ1n) is 8.25. The minimum Gasteiger partial charge on any atom is -0.462 e. The summed E-state index contributed by atoms with van der Waals surface area (Å²) in [7, 11) is 0. The fourth-order valence-electron chi connectivity index (χ4n) is 3.32. The minimum atomic E-state index is -0.346. The largest absolute Gasteiger partial charge is 0.462 e. The molecule has 0 bridgehead atoms. The van der Waals surface area contributed by atoms with E-state index in [2.05, 4.69) is 23.2 Å². The second kappa shape index (κ2) is 5.67. The van der Waals surface area contributed by atoms with Crippen molar-refractivity contribution >= 4 is 33.9 Å². The van der Waals surface area contributed by atoms with E-state index in [1.165, 1.54) is 17.6 Å². The van der Waals surface area contributed by atoms with Gasteiger partial charge in [-0.1, -0.05) is 12.1 Å². The maximum Gasteiger partial charge on any atom is 0.339 e. The zero-order valence-electron chi connectivity index (χ0n) is 13.6. The van der Waals surface area contributed by atoms with Crippen molar-refractivity contribution in [1.82, 2.24) is 9.38 Å². The Morgan fingerprint density at radius 1 is 1.33 bits per heavy atom. The molecule has 122 valence electrons. The zero-order chi connectivity index (χ0) is 16.7. The van der Waals surface area contributed by atoms with Crippen molar-refractivity contribution in [1.29, 1.82) is 0 Å². The maximum atomic E-state index is 12.0. The van der Waals surface area contributed by atoms with E-state index in [0.29, 0.717) is 18.0 Å². The molecular formula is C19H19N3O2. The van der Waals surface area contributed by atoms with Gasteiger partial charge in [-0.25, -0.2) is 9.78 Å². The Bertz CT molecular complexity index is 985. The molecule has 0 amide bonds. The Labute approximate surface area is 139 Å². The van der Waals surface area contributed by atoms with Crippen molar-refractivity contribution in [2.45, 2.75) is 26.2 Å². The van der Waals surface area contributed by atoms with Gasteiger partial charge in [-0.3, -0.25) is 0 Å². The molecule has 0 saturated heterocycles. The number of ether oxygens (including phenoxy) is 1. The van der Waals surface area contributed by atoms with E-state index >= 15 is 0 Å². The number of hydrogen-bond donors (Lipinski definition) is 1. The minimum absolute atomic E-state index is 0.345. The summed E-state index contributed by atoms with van der Waals surface area (Å²) in [4.78, 5) is 16.5. The van der Waals surface area contributed by atoms with Gasteiger partial charge in [0.25, 0.3) is 0 Å². The van der Waals surface area contributed by atoms with Crippen LogP contribution in [0.15, 0.2) is 36.5 Å². The molecule has 0 spiro atoms. The summed E-state index contributed by atoms with van der Waals surface area (Å²) in [5.74, 6) is 0.0667. The lowest BCUT2D eigenvalue weighted by molar-refractivity contribution is 0.0526. The molecule has 1 aromatic carbocycles. The molecule has 24 heavy (non-hydrogen) atoms. The monoisotopic (exact) mass is 321 g/mol. The highest BCUT2D eigenvalue weighted by atomic mass is 16.5. The average Bonchev–Trinajstić information content (AvgIpc) is 3.25. The second-order valence-corrected chi connectivity index (χ2v) is 6.03. The highest BCUT2D eigenvalue weighted by Crippen LogP contribution is 2.30. The van der Waals surface area contributed by atoms with Crippen molar-refractivity contribution < 1.29 is 9.53 Å². The number of esters is 1.